The van der Waals surface area contributed by atoms with Crippen molar-refractivity contribution >= 4 is 17.8 Å². The van der Waals surface area contributed by atoms with E-state index < -0.39 is 29.1 Å². The van der Waals surface area contributed by atoms with Crippen molar-refractivity contribution in [3.63, 3.8) is 0 Å². The van der Waals surface area contributed by atoms with Gasteiger partial charge in [-0.25, -0.2) is 14.3 Å². The molecule has 9 heteroatoms. The summed E-state index contributed by atoms with van der Waals surface area (Å²) in [6.07, 6.45) is 4.91. The van der Waals surface area contributed by atoms with Crippen LogP contribution in [0.1, 0.15) is 38.1 Å². The molecule has 1 aliphatic carbocycles. The van der Waals surface area contributed by atoms with Crippen molar-refractivity contribution in [1.29, 1.82) is 0 Å². The third kappa shape index (κ3) is 2.93. The highest BCUT2D eigenvalue weighted by atomic mass is 16.5. The predicted octanol–water partition coefficient (Wildman–Crippen LogP) is 0.00160. The summed E-state index contributed by atoms with van der Waals surface area (Å²) in [6.45, 7) is 0. The molecule has 3 rings (SSSR count). The Balaban J connectivity index is 2.21. The second-order valence-corrected chi connectivity index (χ2v) is 6.33. The maximum atomic E-state index is 12.5. The molecule has 0 saturated heterocycles. The topological polar surface area (TPSA) is 109 Å². The number of hydrogen-bond donors (Lipinski definition) is 1. The second-order valence-electron chi connectivity index (χ2n) is 6.33. The zero-order chi connectivity index (χ0) is 18.8. The van der Waals surface area contributed by atoms with E-state index in [2.05, 4.69) is 5.32 Å². The van der Waals surface area contributed by atoms with Crippen molar-refractivity contribution in [1.82, 2.24) is 14.7 Å². The molecule has 0 amide bonds. The third-order valence-electron chi connectivity index (χ3n) is 4.78. The van der Waals surface area contributed by atoms with Crippen molar-refractivity contribution in [3.8, 4) is 0 Å². The van der Waals surface area contributed by atoms with Gasteiger partial charge >= 0.3 is 11.9 Å². The number of hydrogen-bond acceptors (Lipinski definition) is 7. The van der Waals surface area contributed by atoms with Crippen molar-refractivity contribution in [2.75, 3.05) is 14.2 Å². The van der Waals surface area contributed by atoms with E-state index in [0.29, 0.717) is 0 Å². The molecule has 1 N–H and O–H groups in total. The maximum Gasteiger partial charge on any atom is 0.340 e. The van der Waals surface area contributed by atoms with E-state index in [9.17, 15) is 19.2 Å². The Hall–Kier alpha value is -2.84. The lowest BCUT2D eigenvalue weighted by atomic mass is 9.95. The fourth-order valence-corrected chi connectivity index (χ4v) is 3.55. The molecule has 0 radical (unpaired) electrons. The fourth-order valence-electron chi connectivity index (χ4n) is 3.55. The van der Waals surface area contributed by atoms with Gasteiger partial charge in [0.05, 0.1) is 14.2 Å². The number of esters is 2. The summed E-state index contributed by atoms with van der Waals surface area (Å²) in [5, 5.41) is 3.19. The molecule has 2 heterocycles. The van der Waals surface area contributed by atoms with Gasteiger partial charge in [0.25, 0.3) is 11.1 Å². The predicted molar refractivity (Wildman–Crippen MR) is 91.3 cm³/mol. The highest BCUT2D eigenvalue weighted by molar-refractivity contribution is 6.02. The second kappa shape index (κ2) is 7.19. The number of carbonyl (C=O) groups is 2. The van der Waals surface area contributed by atoms with Crippen molar-refractivity contribution in [2.24, 2.45) is 0 Å². The normalized spacial score (nSPS) is 19.8. The highest BCUT2D eigenvalue weighted by Gasteiger charge is 2.43. The summed E-state index contributed by atoms with van der Waals surface area (Å²) in [5.74, 6) is -1.51. The van der Waals surface area contributed by atoms with Crippen LogP contribution in [0, 0.1) is 0 Å². The molecule has 140 valence electrons. The molecule has 0 bridgehead atoms. The number of nitrogens with zero attached hydrogens (tertiary/aromatic N) is 2. The van der Waals surface area contributed by atoms with E-state index in [-0.39, 0.29) is 17.4 Å². The molecule has 0 spiro atoms. The average Bonchev–Trinajstić information content (AvgIpc) is 3.00. The van der Waals surface area contributed by atoms with Crippen molar-refractivity contribution in [3.05, 3.63) is 38.4 Å². The Morgan fingerprint density at radius 1 is 1.04 bits per heavy atom. The van der Waals surface area contributed by atoms with Gasteiger partial charge in [-0.2, -0.15) is 4.68 Å². The molecule has 1 unspecified atom stereocenters. The summed E-state index contributed by atoms with van der Waals surface area (Å²) in [4.78, 5) is 49.6. The number of rotatable bonds is 4. The minimum Gasteiger partial charge on any atom is -0.467 e. The molecule has 1 aliphatic heterocycles. The van der Waals surface area contributed by atoms with Gasteiger partial charge in [0.1, 0.15) is 11.4 Å². The zero-order valence-electron chi connectivity index (χ0n) is 14.7. The van der Waals surface area contributed by atoms with Crippen molar-refractivity contribution in [2.45, 2.75) is 44.2 Å². The monoisotopic (exact) mass is 363 g/mol. The fraction of sp³-hybridized carbons (Fsp3) is 0.529. The van der Waals surface area contributed by atoms with E-state index >= 15 is 0 Å². The van der Waals surface area contributed by atoms with E-state index in [1.54, 1.807) is 0 Å². The summed E-state index contributed by atoms with van der Waals surface area (Å²) in [7, 11) is 2.33. The number of aromatic nitrogens is 2. The maximum absolute atomic E-state index is 12.5. The number of carbonyl (C=O) groups excluding carboxylic acids is 2. The van der Waals surface area contributed by atoms with Gasteiger partial charge in [-0.15, -0.1) is 0 Å². The van der Waals surface area contributed by atoms with Gasteiger partial charge in [-0.3, -0.25) is 9.59 Å². The molecule has 1 fully saturated rings. The molecule has 1 atom stereocenters. The molecule has 9 nitrogen and oxygen atoms in total. The number of fused-ring (bicyclic) bond motifs is 1. The average molecular weight is 363 g/mol. The highest BCUT2D eigenvalue weighted by Crippen LogP contribution is 2.31. The minimum absolute atomic E-state index is 0.0328. The zero-order valence-corrected chi connectivity index (χ0v) is 14.7. The molecule has 1 aromatic heterocycles. The molecule has 2 aliphatic rings. The Bertz CT molecular complexity index is 875. The first-order chi connectivity index (χ1) is 12.5. The van der Waals surface area contributed by atoms with Crippen LogP contribution in [-0.2, 0) is 19.1 Å². The van der Waals surface area contributed by atoms with E-state index in [4.69, 9.17) is 9.47 Å². The first-order valence-electron chi connectivity index (χ1n) is 8.51. The molecular weight excluding hydrogens is 342 g/mol. The van der Waals surface area contributed by atoms with Crippen LogP contribution in [0.2, 0.25) is 0 Å². The Morgan fingerprint density at radius 3 is 2.31 bits per heavy atom. The third-order valence-corrected chi connectivity index (χ3v) is 4.78. The van der Waals surface area contributed by atoms with Crippen LogP contribution in [0.4, 0.5) is 0 Å². The number of ether oxygens (including phenoxy) is 2. The van der Waals surface area contributed by atoms with Crippen LogP contribution in [0.15, 0.2) is 27.3 Å². The summed E-state index contributed by atoms with van der Waals surface area (Å²) < 4.78 is 11.5. The van der Waals surface area contributed by atoms with E-state index in [1.165, 1.54) is 7.11 Å². The van der Waals surface area contributed by atoms with Gasteiger partial charge in [-0.1, -0.05) is 19.3 Å². The van der Waals surface area contributed by atoms with Crippen molar-refractivity contribution < 1.29 is 19.1 Å². The first-order valence-corrected chi connectivity index (χ1v) is 8.51. The molecule has 1 aromatic rings. The molecule has 1 saturated carbocycles. The largest absolute Gasteiger partial charge is 0.467 e. The van der Waals surface area contributed by atoms with Crippen LogP contribution >= 0.6 is 0 Å². The Kier molecular flexibility index (Phi) is 4.97. The molecule has 0 aromatic carbocycles. The number of nitrogens with one attached hydrogen (secondary N) is 1. The van der Waals surface area contributed by atoms with Crippen LogP contribution in [0.5, 0.6) is 0 Å². The van der Waals surface area contributed by atoms with Crippen LogP contribution in [0.3, 0.4) is 0 Å². The lowest BCUT2D eigenvalue weighted by Crippen LogP contribution is -2.41. The lowest BCUT2D eigenvalue weighted by molar-refractivity contribution is -0.146. The quantitative estimate of drug-likeness (QED) is 0.750. The smallest absolute Gasteiger partial charge is 0.340 e. The van der Waals surface area contributed by atoms with Crippen LogP contribution in [0.25, 0.3) is 5.82 Å². The van der Waals surface area contributed by atoms with Gasteiger partial charge in [0, 0.05) is 18.2 Å². The summed E-state index contributed by atoms with van der Waals surface area (Å²) in [5.41, 5.74) is -1.23. The minimum atomic E-state index is -1.38. The summed E-state index contributed by atoms with van der Waals surface area (Å²) in [6, 6.07) is 0.828. The summed E-state index contributed by atoms with van der Waals surface area (Å²) >= 11 is 0. The van der Waals surface area contributed by atoms with Crippen LogP contribution in [-0.4, -0.2) is 41.6 Å². The lowest BCUT2D eigenvalue weighted by Gasteiger charge is -2.25. The van der Waals surface area contributed by atoms with Gasteiger partial charge in [0.15, 0.2) is 6.04 Å². The van der Waals surface area contributed by atoms with E-state index in [1.807, 2.05) is 0 Å². The Morgan fingerprint density at radius 2 is 1.69 bits per heavy atom. The SMILES string of the molecule is COC(=O)C1=C(NC2CCCCC2)n2c(=O)ccc(=O)n2C1C(=O)OC. The molecular formula is C17H21N3O6. The molecule has 26 heavy (non-hydrogen) atoms. The number of methoxy groups -OCH3 is 2. The Labute approximate surface area is 149 Å². The standard InChI is InChI=1S/C17H21N3O6/c1-25-16(23)13-14(17(24)26-2)19-11(21)8-9-12(22)20(19)15(13)18-10-6-4-3-5-7-10/h8-10,14,18H,3-7H2,1-2H3. The van der Waals surface area contributed by atoms with Crippen LogP contribution < -0.4 is 16.4 Å². The first kappa shape index (κ1) is 18.0. The van der Waals surface area contributed by atoms with Gasteiger partial charge in [0.2, 0.25) is 0 Å². The van der Waals surface area contributed by atoms with E-state index in [0.717, 1.165) is 60.7 Å². The van der Waals surface area contributed by atoms with Gasteiger partial charge in [-0.05, 0) is 12.8 Å². The van der Waals surface area contributed by atoms with Gasteiger partial charge < -0.3 is 14.8 Å².